The lowest BCUT2D eigenvalue weighted by molar-refractivity contribution is -0.145. The molecule has 22 heavy (non-hydrogen) atoms. The third-order valence-electron chi connectivity index (χ3n) is 2.60. The number of aromatic amines is 1. The number of aromatic nitrogens is 3. The minimum absolute atomic E-state index is 0.110. The van der Waals surface area contributed by atoms with E-state index in [-0.39, 0.29) is 24.6 Å². The van der Waals surface area contributed by atoms with Crippen LogP contribution in [-0.2, 0) is 14.3 Å². The second-order valence-corrected chi connectivity index (χ2v) is 5.61. The zero-order chi connectivity index (χ0) is 15.9. The number of carbonyl (C=O) groups is 2. The smallest absolute Gasteiger partial charge is 0.313 e. The molecule has 0 spiro atoms. The predicted molar refractivity (Wildman–Crippen MR) is 83.8 cm³/mol. The minimum atomic E-state index is -0.514. The SMILES string of the molecule is CCOC(=O)CC(=O)CSc1n[nH]c(-c2ccccc2Cl)n1. The van der Waals surface area contributed by atoms with Crippen LogP contribution in [-0.4, -0.2) is 39.3 Å². The molecule has 2 rings (SSSR count). The van der Waals surface area contributed by atoms with Gasteiger partial charge in [-0.3, -0.25) is 14.7 Å². The standard InChI is InChI=1S/C14H14ClN3O3S/c1-2-21-12(20)7-9(19)8-22-14-16-13(17-18-14)10-5-3-4-6-11(10)15/h3-6H,2,7-8H2,1H3,(H,16,17,18). The van der Waals surface area contributed by atoms with Gasteiger partial charge in [-0.25, -0.2) is 4.98 Å². The summed E-state index contributed by atoms with van der Waals surface area (Å²) in [6.45, 7) is 1.96. The lowest BCUT2D eigenvalue weighted by Gasteiger charge is -2.00. The zero-order valence-electron chi connectivity index (χ0n) is 11.8. The highest BCUT2D eigenvalue weighted by atomic mass is 35.5. The summed E-state index contributed by atoms with van der Waals surface area (Å²) in [7, 11) is 0. The number of nitrogens with one attached hydrogen (secondary N) is 1. The Kier molecular flexibility index (Phi) is 5.97. The van der Waals surface area contributed by atoms with Gasteiger partial charge in [-0.15, -0.1) is 5.10 Å². The van der Waals surface area contributed by atoms with Gasteiger partial charge in [0.15, 0.2) is 11.6 Å². The van der Waals surface area contributed by atoms with E-state index in [1.807, 2.05) is 18.2 Å². The van der Waals surface area contributed by atoms with Crippen LogP contribution < -0.4 is 0 Å². The van der Waals surface area contributed by atoms with E-state index in [0.29, 0.717) is 16.0 Å². The van der Waals surface area contributed by atoms with Gasteiger partial charge in [0.2, 0.25) is 5.16 Å². The maximum absolute atomic E-state index is 11.6. The molecule has 1 aromatic heterocycles. The second kappa shape index (κ2) is 7.95. The molecule has 0 aliphatic heterocycles. The van der Waals surface area contributed by atoms with Gasteiger partial charge >= 0.3 is 5.97 Å². The third-order valence-corrected chi connectivity index (χ3v) is 3.84. The number of thioether (sulfide) groups is 1. The first-order valence-corrected chi connectivity index (χ1v) is 7.94. The fourth-order valence-electron chi connectivity index (χ4n) is 1.65. The van der Waals surface area contributed by atoms with E-state index in [2.05, 4.69) is 15.2 Å². The molecule has 0 saturated carbocycles. The van der Waals surface area contributed by atoms with Crippen LogP contribution in [0.3, 0.4) is 0 Å². The normalized spacial score (nSPS) is 10.5. The van der Waals surface area contributed by atoms with Crippen molar-refractivity contribution in [2.24, 2.45) is 0 Å². The minimum Gasteiger partial charge on any atom is -0.466 e. The summed E-state index contributed by atoms with van der Waals surface area (Å²) in [6.07, 6.45) is -0.233. The molecule has 0 bridgehead atoms. The first-order valence-electron chi connectivity index (χ1n) is 6.57. The number of carbonyl (C=O) groups excluding carboxylic acids is 2. The van der Waals surface area contributed by atoms with Crippen molar-refractivity contribution in [3.63, 3.8) is 0 Å². The Hall–Kier alpha value is -1.86. The Morgan fingerprint density at radius 1 is 1.36 bits per heavy atom. The summed E-state index contributed by atoms with van der Waals surface area (Å²) in [5.74, 6) is -0.100. The highest BCUT2D eigenvalue weighted by Crippen LogP contribution is 2.25. The van der Waals surface area contributed by atoms with E-state index in [1.54, 1.807) is 13.0 Å². The van der Waals surface area contributed by atoms with E-state index in [1.165, 1.54) is 0 Å². The van der Waals surface area contributed by atoms with E-state index in [9.17, 15) is 9.59 Å². The van der Waals surface area contributed by atoms with Gasteiger partial charge in [0.25, 0.3) is 0 Å². The zero-order valence-corrected chi connectivity index (χ0v) is 13.4. The fourth-order valence-corrected chi connectivity index (χ4v) is 2.54. The molecular weight excluding hydrogens is 326 g/mol. The monoisotopic (exact) mass is 339 g/mol. The van der Waals surface area contributed by atoms with Crippen LogP contribution in [0.1, 0.15) is 13.3 Å². The molecule has 1 N–H and O–H groups in total. The number of Topliss-reactive ketones (excluding diaryl/α,β-unsaturated/α-hetero) is 1. The average Bonchev–Trinajstić information content (AvgIpc) is 2.94. The first kappa shape index (κ1) is 16.5. The van der Waals surface area contributed by atoms with Crippen molar-refractivity contribution in [1.82, 2.24) is 15.2 Å². The van der Waals surface area contributed by atoms with Crippen molar-refractivity contribution >= 4 is 35.1 Å². The molecule has 1 aromatic carbocycles. The summed E-state index contributed by atoms with van der Waals surface area (Å²) in [4.78, 5) is 27.1. The Morgan fingerprint density at radius 3 is 2.86 bits per heavy atom. The maximum Gasteiger partial charge on any atom is 0.313 e. The number of ketones is 1. The maximum atomic E-state index is 11.6. The van der Waals surface area contributed by atoms with E-state index < -0.39 is 5.97 Å². The molecule has 0 saturated heterocycles. The van der Waals surface area contributed by atoms with Gasteiger partial charge in [-0.05, 0) is 19.1 Å². The molecule has 1 heterocycles. The average molecular weight is 340 g/mol. The molecule has 2 aromatic rings. The molecule has 6 nitrogen and oxygen atoms in total. The summed E-state index contributed by atoms with van der Waals surface area (Å²) >= 11 is 7.24. The molecular formula is C14H14ClN3O3S. The summed E-state index contributed by atoms with van der Waals surface area (Å²) in [5.41, 5.74) is 0.737. The van der Waals surface area contributed by atoms with Crippen molar-refractivity contribution < 1.29 is 14.3 Å². The van der Waals surface area contributed by atoms with Crippen LogP contribution in [0, 0.1) is 0 Å². The number of esters is 1. The number of H-pyrrole nitrogens is 1. The van der Waals surface area contributed by atoms with Crippen LogP contribution in [0.5, 0.6) is 0 Å². The van der Waals surface area contributed by atoms with E-state index in [0.717, 1.165) is 17.3 Å². The van der Waals surface area contributed by atoms with Crippen LogP contribution in [0.25, 0.3) is 11.4 Å². The number of halogens is 1. The van der Waals surface area contributed by atoms with Gasteiger partial charge < -0.3 is 4.74 Å². The molecule has 0 atom stereocenters. The fraction of sp³-hybridized carbons (Fsp3) is 0.286. The quantitative estimate of drug-likeness (QED) is 0.474. The topological polar surface area (TPSA) is 84.9 Å². The molecule has 0 aliphatic carbocycles. The summed E-state index contributed by atoms with van der Waals surface area (Å²) < 4.78 is 4.72. The third kappa shape index (κ3) is 4.57. The number of benzene rings is 1. The number of nitrogens with zero attached hydrogens (tertiary/aromatic N) is 2. The van der Waals surface area contributed by atoms with E-state index in [4.69, 9.17) is 16.3 Å². The van der Waals surface area contributed by atoms with Gasteiger partial charge in [0, 0.05) is 5.56 Å². The highest BCUT2D eigenvalue weighted by molar-refractivity contribution is 7.99. The van der Waals surface area contributed by atoms with Crippen molar-refractivity contribution in [2.75, 3.05) is 12.4 Å². The van der Waals surface area contributed by atoms with Crippen LogP contribution in [0.15, 0.2) is 29.4 Å². The predicted octanol–water partition coefficient (Wildman–Crippen LogP) is 2.74. The second-order valence-electron chi connectivity index (χ2n) is 4.26. The van der Waals surface area contributed by atoms with Crippen molar-refractivity contribution in [3.8, 4) is 11.4 Å². The Balaban J connectivity index is 1.92. The Bertz CT molecular complexity index is 675. The van der Waals surface area contributed by atoms with Gasteiger partial charge in [-0.1, -0.05) is 35.5 Å². The molecule has 0 fully saturated rings. The lowest BCUT2D eigenvalue weighted by Crippen LogP contribution is -2.12. The number of ether oxygens (including phenoxy) is 1. The Morgan fingerprint density at radius 2 is 2.14 bits per heavy atom. The summed E-state index contributed by atoms with van der Waals surface area (Å²) in [5, 5.41) is 7.79. The van der Waals surface area contributed by atoms with Crippen molar-refractivity contribution in [1.29, 1.82) is 0 Å². The molecule has 0 aliphatic rings. The molecule has 0 amide bonds. The lowest BCUT2D eigenvalue weighted by atomic mass is 10.2. The van der Waals surface area contributed by atoms with Crippen molar-refractivity contribution in [3.05, 3.63) is 29.3 Å². The Labute approximate surface area is 136 Å². The number of hydrogen-bond acceptors (Lipinski definition) is 6. The summed E-state index contributed by atoms with van der Waals surface area (Å²) in [6, 6.07) is 7.25. The van der Waals surface area contributed by atoms with E-state index >= 15 is 0 Å². The highest BCUT2D eigenvalue weighted by Gasteiger charge is 2.13. The van der Waals surface area contributed by atoms with Gasteiger partial charge in [-0.2, -0.15) is 0 Å². The molecule has 8 heteroatoms. The van der Waals surface area contributed by atoms with Crippen LogP contribution in [0.2, 0.25) is 5.02 Å². The number of hydrogen-bond donors (Lipinski definition) is 1. The van der Waals surface area contributed by atoms with Gasteiger partial charge in [0.05, 0.1) is 17.4 Å². The molecule has 0 unspecified atom stereocenters. The molecule has 0 radical (unpaired) electrons. The number of rotatable bonds is 7. The molecule has 116 valence electrons. The van der Waals surface area contributed by atoms with Crippen LogP contribution >= 0.6 is 23.4 Å². The first-order chi connectivity index (χ1) is 10.6. The van der Waals surface area contributed by atoms with Crippen LogP contribution in [0.4, 0.5) is 0 Å². The van der Waals surface area contributed by atoms with Crippen molar-refractivity contribution in [2.45, 2.75) is 18.5 Å². The van der Waals surface area contributed by atoms with Gasteiger partial charge in [0.1, 0.15) is 6.42 Å². The largest absolute Gasteiger partial charge is 0.466 e.